The zero-order valence-electron chi connectivity index (χ0n) is 10.8. The van der Waals surface area contributed by atoms with E-state index in [0.717, 1.165) is 24.0 Å². The highest BCUT2D eigenvalue weighted by atomic mass is 35.5. The molecule has 3 heteroatoms. The highest BCUT2D eigenvalue weighted by Crippen LogP contribution is 2.31. The molecule has 0 radical (unpaired) electrons. The summed E-state index contributed by atoms with van der Waals surface area (Å²) in [5.74, 6) is 0.401. The Morgan fingerprint density at radius 3 is 2.89 bits per heavy atom. The van der Waals surface area contributed by atoms with Crippen LogP contribution in [0.25, 0.3) is 10.9 Å². The van der Waals surface area contributed by atoms with Crippen LogP contribution in [0, 0.1) is 0 Å². The van der Waals surface area contributed by atoms with E-state index in [0.29, 0.717) is 11.1 Å². The molecular weight excluding hydrogens is 244 g/mol. The minimum atomic E-state index is 0.401. The molecule has 1 aliphatic rings. The molecule has 0 atom stereocenters. The molecule has 1 aromatic carbocycles. The van der Waals surface area contributed by atoms with E-state index in [1.165, 1.54) is 23.1 Å². The van der Waals surface area contributed by atoms with Gasteiger partial charge >= 0.3 is 0 Å². The third kappa shape index (κ3) is 1.95. The van der Waals surface area contributed by atoms with Gasteiger partial charge in [-0.25, -0.2) is 4.98 Å². The van der Waals surface area contributed by atoms with E-state index in [1.807, 2.05) is 0 Å². The Balaban J connectivity index is 2.21. The van der Waals surface area contributed by atoms with Gasteiger partial charge in [-0.15, -0.1) is 0 Å². The summed E-state index contributed by atoms with van der Waals surface area (Å²) < 4.78 is 0. The van der Waals surface area contributed by atoms with Crippen molar-refractivity contribution in [2.45, 2.75) is 32.6 Å². The monoisotopic (exact) mass is 260 g/mol. The molecule has 1 aliphatic heterocycles. The van der Waals surface area contributed by atoms with Crippen molar-refractivity contribution in [2.24, 2.45) is 0 Å². The van der Waals surface area contributed by atoms with Crippen LogP contribution < -0.4 is 5.32 Å². The number of nitrogens with zero attached hydrogens (tertiary/aromatic N) is 1. The zero-order chi connectivity index (χ0) is 12.7. The molecule has 0 bridgehead atoms. The number of pyridine rings is 1. The summed E-state index contributed by atoms with van der Waals surface area (Å²) in [6.07, 6.45) is 2.32. The first kappa shape index (κ1) is 11.8. The minimum absolute atomic E-state index is 0.401. The van der Waals surface area contributed by atoms with Gasteiger partial charge in [0.25, 0.3) is 0 Å². The van der Waals surface area contributed by atoms with Crippen molar-refractivity contribution in [1.29, 1.82) is 0 Å². The summed E-state index contributed by atoms with van der Waals surface area (Å²) in [7, 11) is 0. The predicted octanol–water partition coefficient (Wildman–Crippen LogP) is 4.37. The number of benzene rings is 1. The Labute approximate surface area is 112 Å². The molecule has 94 valence electrons. The molecule has 1 N–H and O–H groups in total. The van der Waals surface area contributed by atoms with E-state index in [9.17, 15) is 0 Å². The zero-order valence-corrected chi connectivity index (χ0v) is 11.5. The lowest BCUT2D eigenvalue weighted by Gasteiger charge is -2.19. The summed E-state index contributed by atoms with van der Waals surface area (Å²) in [6.45, 7) is 5.35. The van der Waals surface area contributed by atoms with Crippen molar-refractivity contribution in [3.05, 3.63) is 34.5 Å². The largest absolute Gasteiger partial charge is 0.385 e. The average Bonchev–Trinajstić information content (AvgIpc) is 2.35. The maximum Gasteiger partial charge on any atom is 0.133 e. The maximum absolute atomic E-state index is 6.25. The first-order valence-corrected chi connectivity index (χ1v) is 6.90. The van der Waals surface area contributed by atoms with Crippen molar-refractivity contribution in [2.75, 3.05) is 11.9 Å². The first-order valence-electron chi connectivity index (χ1n) is 6.52. The smallest absolute Gasteiger partial charge is 0.133 e. The summed E-state index contributed by atoms with van der Waals surface area (Å²) >= 11 is 6.25. The van der Waals surface area contributed by atoms with Crippen LogP contribution >= 0.6 is 11.6 Å². The molecule has 0 aliphatic carbocycles. The molecule has 2 heterocycles. The summed E-state index contributed by atoms with van der Waals surface area (Å²) in [6, 6.07) is 6.55. The average molecular weight is 261 g/mol. The van der Waals surface area contributed by atoms with Gasteiger partial charge in [-0.2, -0.15) is 0 Å². The van der Waals surface area contributed by atoms with Crippen LogP contribution in [0.4, 0.5) is 5.69 Å². The third-order valence-electron chi connectivity index (χ3n) is 3.58. The Bertz CT molecular complexity index is 605. The fraction of sp³-hybridized carbons (Fsp3) is 0.400. The SMILES string of the molecule is CC(C)c1cc2cc3c(cc2nc1Cl)CCCN3. The van der Waals surface area contributed by atoms with Crippen LogP contribution in [0.1, 0.15) is 37.3 Å². The van der Waals surface area contributed by atoms with Crippen molar-refractivity contribution < 1.29 is 0 Å². The Morgan fingerprint density at radius 2 is 2.11 bits per heavy atom. The number of rotatable bonds is 1. The summed E-state index contributed by atoms with van der Waals surface area (Å²) in [5.41, 5.74) is 4.74. The Hall–Kier alpha value is -1.28. The summed E-state index contributed by atoms with van der Waals surface area (Å²) in [5, 5.41) is 5.27. The highest BCUT2D eigenvalue weighted by Gasteiger charge is 2.13. The second kappa shape index (κ2) is 4.43. The van der Waals surface area contributed by atoms with E-state index in [2.05, 4.69) is 42.3 Å². The number of anilines is 1. The number of fused-ring (bicyclic) bond motifs is 2. The van der Waals surface area contributed by atoms with E-state index in [-0.39, 0.29) is 0 Å². The van der Waals surface area contributed by atoms with Gasteiger partial charge in [0, 0.05) is 17.6 Å². The highest BCUT2D eigenvalue weighted by molar-refractivity contribution is 6.30. The van der Waals surface area contributed by atoms with Crippen LogP contribution in [0.15, 0.2) is 18.2 Å². The quantitative estimate of drug-likeness (QED) is 0.770. The van der Waals surface area contributed by atoms with Gasteiger partial charge < -0.3 is 5.32 Å². The van der Waals surface area contributed by atoms with E-state index < -0.39 is 0 Å². The standard InChI is InChI=1S/C15H17ClN2/c1-9(2)12-6-11-8-13-10(4-3-5-17-13)7-14(11)18-15(12)16/h6-9,17H,3-5H2,1-2H3. The number of aromatic nitrogens is 1. The number of hydrogen-bond acceptors (Lipinski definition) is 2. The van der Waals surface area contributed by atoms with E-state index >= 15 is 0 Å². The number of hydrogen-bond donors (Lipinski definition) is 1. The lowest BCUT2D eigenvalue weighted by molar-refractivity contribution is 0.831. The van der Waals surface area contributed by atoms with E-state index in [4.69, 9.17) is 11.6 Å². The Morgan fingerprint density at radius 1 is 1.28 bits per heavy atom. The molecule has 0 amide bonds. The molecule has 0 saturated heterocycles. The molecule has 0 saturated carbocycles. The minimum Gasteiger partial charge on any atom is -0.385 e. The maximum atomic E-state index is 6.25. The van der Waals surface area contributed by atoms with Crippen LogP contribution in [0.3, 0.4) is 0 Å². The second-order valence-electron chi connectivity index (χ2n) is 5.26. The number of aryl methyl sites for hydroxylation is 1. The lowest BCUT2D eigenvalue weighted by atomic mass is 9.98. The third-order valence-corrected chi connectivity index (χ3v) is 3.88. The molecule has 18 heavy (non-hydrogen) atoms. The number of nitrogens with one attached hydrogen (secondary N) is 1. The van der Waals surface area contributed by atoms with Gasteiger partial charge in [0.2, 0.25) is 0 Å². The van der Waals surface area contributed by atoms with Gasteiger partial charge in [0.1, 0.15) is 5.15 Å². The molecule has 1 aromatic heterocycles. The van der Waals surface area contributed by atoms with Gasteiger partial charge in [0.05, 0.1) is 5.52 Å². The van der Waals surface area contributed by atoms with Crippen LogP contribution in [-0.4, -0.2) is 11.5 Å². The van der Waals surface area contributed by atoms with Crippen LogP contribution in [-0.2, 0) is 6.42 Å². The van der Waals surface area contributed by atoms with Gasteiger partial charge in [-0.1, -0.05) is 25.4 Å². The van der Waals surface area contributed by atoms with Crippen molar-refractivity contribution in [1.82, 2.24) is 4.98 Å². The summed E-state index contributed by atoms with van der Waals surface area (Å²) in [4.78, 5) is 4.54. The molecular formula is C15H17ClN2. The second-order valence-corrected chi connectivity index (χ2v) is 5.61. The topological polar surface area (TPSA) is 24.9 Å². The van der Waals surface area contributed by atoms with Crippen molar-refractivity contribution in [3.63, 3.8) is 0 Å². The van der Waals surface area contributed by atoms with Gasteiger partial charge in [-0.3, -0.25) is 0 Å². The fourth-order valence-corrected chi connectivity index (χ4v) is 2.90. The molecule has 0 spiro atoms. The molecule has 2 nitrogen and oxygen atoms in total. The van der Waals surface area contributed by atoms with Crippen LogP contribution in [0.2, 0.25) is 5.15 Å². The normalized spacial score (nSPS) is 14.7. The van der Waals surface area contributed by atoms with Crippen molar-refractivity contribution in [3.8, 4) is 0 Å². The molecule has 0 fully saturated rings. The van der Waals surface area contributed by atoms with Crippen molar-refractivity contribution >= 4 is 28.2 Å². The Kier molecular flexibility index (Phi) is 2.90. The number of halogens is 1. The first-order chi connectivity index (χ1) is 8.65. The van der Waals surface area contributed by atoms with Crippen LogP contribution in [0.5, 0.6) is 0 Å². The molecule has 0 unspecified atom stereocenters. The fourth-order valence-electron chi connectivity index (χ4n) is 2.54. The van der Waals surface area contributed by atoms with E-state index in [1.54, 1.807) is 0 Å². The van der Waals surface area contributed by atoms with Gasteiger partial charge in [0.15, 0.2) is 0 Å². The van der Waals surface area contributed by atoms with Gasteiger partial charge in [-0.05, 0) is 48.1 Å². The molecule has 2 aromatic rings. The predicted molar refractivity (Wildman–Crippen MR) is 77.7 cm³/mol. The molecule has 3 rings (SSSR count). The lowest BCUT2D eigenvalue weighted by Crippen LogP contribution is -2.11.